The van der Waals surface area contributed by atoms with Crippen LogP contribution in [0.3, 0.4) is 0 Å². The van der Waals surface area contributed by atoms with Gasteiger partial charge in [-0.15, -0.1) is 0 Å². The lowest BCUT2D eigenvalue weighted by Crippen LogP contribution is -2.13. The third-order valence-corrected chi connectivity index (χ3v) is 3.90. The summed E-state index contributed by atoms with van der Waals surface area (Å²) in [6, 6.07) is 12.2. The fourth-order valence-electron chi connectivity index (χ4n) is 2.64. The Morgan fingerprint density at radius 2 is 1.75 bits per heavy atom. The first-order chi connectivity index (χ1) is 13.3. The topological polar surface area (TPSA) is 133 Å². The largest absolute Gasteiger partial charge is 0.305 e. The van der Waals surface area contributed by atoms with E-state index >= 15 is 0 Å². The van der Waals surface area contributed by atoms with Crippen LogP contribution in [0.5, 0.6) is 0 Å². The predicted octanol–water partition coefficient (Wildman–Crippen LogP) is 3.31. The average molecular weight is 381 g/mol. The molecule has 2 aromatic carbocycles. The number of aryl methyl sites for hydroxylation is 1. The first kappa shape index (κ1) is 18.7. The first-order valence-corrected chi connectivity index (χ1v) is 8.16. The van der Waals surface area contributed by atoms with Gasteiger partial charge in [-0.2, -0.15) is 5.10 Å². The minimum absolute atomic E-state index is 0.200. The first-order valence-electron chi connectivity index (χ1n) is 8.16. The van der Waals surface area contributed by atoms with Crippen LogP contribution in [0.1, 0.15) is 21.5 Å². The average Bonchev–Trinajstić information content (AvgIpc) is 3.08. The zero-order valence-corrected chi connectivity index (χ0v) is 14.7. The molecule has 0 atom stereocenters. The van der Waals surface area contributed by atoms with Gasteiger partial charge >= 0.3 is 0 Å². The monoisotopic (exact) mass is 381 g/mol. The number of nitrogens with zero attached hydrogens (tertiary/aromatic N) is 4. The van der Waals surface area contributed by atoms with Crippen LogP contribution in [-0.2, 0) is 6.54 Å². The van der Waals surface area contributed by atoms with Gasteiger partial charge in [-0.05, 0) is 12.5 Å². The fraction of sp³-hybridized carbons (Fsp3) is 0.111. The van der Waals surface area contributed by atoms with E-state index in [1.807, 2.05) is 31.2 Å². The van der Waals surface area contributed by atoms with E-state index in [9.17, 15) is 25.0 Å². The molecule has 3 aromatic rings. The molecule has 142 valence electrons. The van der Waals surface area contributed by atoms with Crippen molar-refractivity contribution in [1.82, 2.24) is 9.78 Å². The normalized spacial score (nSPS) is 10.5. The number of aromatic nitrogens is 2. The Kier molecular flexibility index (Phi) is 5.12. The maximum Gasteiger partial charge on any atom is 0.277 e. The fourth-order valence-corrected chi connectivity index (χ4v) is 2.64. The van der Waals surface area contributed by atoms with Gasteiger partial charge in [-0.25, -0.2) is 0 Å². The summed E-state index contributed by atoms with van der Waals surface area (Å²) in [5, 5.41) is 28.6. The van der Waals surface area contributed by atoms with Crippen molar-refractivity contribution in [2.75, 3.05) is 5.32 Å². The number of anilines is 1. The van der Waals surface area contributed by atoms with Crippen molar-refractivity contribution < 1.29 is 14.6 Å². The van der Waals surface area contributed by atoms with Crippen LogP contribution in [0.4, 0.5) is 17.2 Å². The summed E-state index contributed by atoms with van der Waals surface area (Å²) < 4.78 is 1.63. The number of carbonyl (C=O) groups excluding carboxylic acids is 1. The molecule has 0 radical (unpaired) electrons. The van der Waals surface area contributed by atoms with E-state index < -0.39 is 27.1 Å². The summed E-state index contributed by atoms with van der Waals surface area (Å²) in [6.07, 6.45) is 1.67. The van der Waals surface area contributed by atoms with Crippen LogP contribution in [0.25, 0.3) is 0 Å². The lowest BCUT2D eigenvalue weighted by molar-refractivity contribution is -0.394. The van der Waals surface area contributed by atoms with Crippen molar-refractivity contribution in [3.05, 3.63) is 91.6 Å². The van der Waals surface area contributed by atoms with E-state index in [1.54, 1.807) is 16.9 Å². The van der Waals surface area contributed by atoms with Gasteiger partial charge in [0.15, 0.2) is 5.82 Å². The van der Waals surface area contributed by atoms with Gasteiger partial charge in [0, 0.05) is 24.4 Å². The third-order valence-electron chi connectivity index (χ3n) is 3.90. The molecule has 0 fully saturated rings. The summed E-state index contributed by atoms with van der Waals surface area (Å²) in [4.78, 5) is 32.7. The quantitative estimate of drug-likeness (QED) is 0.514. The lowest BCUT2D eigenvalue weighted by atomic mass is 10.1. The Hall–Kier alpha value is -4.08. The van der Waals surface area contributed by atoms with Crippen molar-refractivity contribution >= 4 is 23.1 Å². The minimum Gasteiger partial charge on any atom is -0.305 e. The molecule has 0 aliphatic heterocycles. The standard InChI is InChI=1S/C18H15N5O5/c1-12-3-2-4-13(7-12)11-21-6-5-17(20-21)19-18(24)14-8-15(22(25)26)10-16(9-14)23(27)28/h2-10H,11H2,1H3,(H,19,20,24). The van der Waals surface area contributed by atoms with E-state index in [2.05, 4.69) is 10.4 Å². The number of benzene rings is 2. The number of amides is 1. The molecule has 1 aromatic heterocycles. The Labute approximate surface area is 158 Å². The Morgan fingerprint density at radius 1 is 1.07 bits per heavy atom. The van der Waals surface area contributed by atoms with Crippen LogP contribution in [0.15, 0.2) is 54.7 Å². The van der Waals surface area contributed by atoms with Crippen molar-refractivity contribution in [2.45, 2.75) is 13.5 Å². The zero-order valence-electron chi connectivity index (χ0n) is 14.7. The summed E-state index contributed by atoms with van der Waals surface area (Å²) in [5.41, 5.74) is 0.878. The van der Waals surface area contributed by atoms with Crippen LogP contribution >= 0.6 is 0 Å². The van der Waals surface area contributed by atoms with Gasteiger partial charge in [0.2, 0.25) is 0 Å². The molecular weight excluding hydrogens is 366 g/mol. The molecule has 0 aliphatic carbocycles. The van der Waals surface area contributed by atoms with Crippen LogP contribution in [-0.4, -0.2) is 25.5 Å². The lowest BCUT2D eigenvalue weighted by Gasteiger charge is -2.04. The second kappa shape index (κ2) is 7.66. The van der Waals surface area contributed by atoms with Gasteiger partial charge in [0.05, 0.1) is 28.0 Å². The van der Waals surface area contributed by atoms with E-state index in [0.717, 1.165) is 29.3 Å². The summed E-state index contributed by atoms with van der Waals surface area (Å²) in [5.74, 6) is -0.501. The number of rotatable bonds is 6. The molecule has 1 N–H and O–H groups in total. The molecule has 10 heteroatoms. The van der Waals surface area contributed by atoms with Crippen molar-refractivity contribution in [2.24, 2.45) is 0 Å². The summed E-state index contributed by atoms with van der Waals surface area (Å²) in [7, 11) is 0. The van der Waals surface area contributed by atoms with Crippen LogP contribution < -0.4 is 5.32 Å². The highest BCUT2D eigenvalue weighted by Gasteiger charge is 2.20. The van der Waals surface area contributed by atoms with E-state index in [-0.39, 0.29) is 11.4 Å². The molecule has 0 saturated carbocycles. The Balaban J connectivity index is 1.77. The molecule has 1 amide bonds. The Bertz CT molecular complexity index is 1040. The number of hydrogen-bond donors (Lipinski definition) is 1. The van der Waals surface area contributed by atoms with Gasteiger partial charge < -0.3 is 5.32 Å². The highest BCUT2D eigenvalue weighted by atomic mass is 16.6. The van der Waals surface area contributed by atoms with Crippen molar-refractivity contribution in [1.29, 1.82) is 0 Å². The number of nitro groups is 2. The van der Waals surface area contributed by atoms with Gasteiger partial charge in [-0.1, -0.05) is 29.8 Å². The van der Waals surface area contributed by atoms with Crippen LogP contribution in [0, 0.1) is 27.2 Å². The SMILES string of the molecule is Cc1cccc(Cn2ccc(NC(=O)c3cc([N+](=O)[O-])cc([N+](=O)[O-])c3)n2)c1. The minimum atomic E-state index is -0.791. The van der Waals surface area contributed by atoms with E-state index in [1.165, 1.54) is 0 Å². The molecule has 1 heterocycles. The number of nitrogens with one attached hydrogen (secondary N) is 1. The molecule has 28 heavy (non-hydrogen) atoms. The van der Waals surface area contributed by atoms with Gasteiger partial charge in [0.25, 0.3) is 17.3 Å². The third kappa shape index (κ3) is 4.36. The molecule has 0 bridgehead atoms. The molecule has 0 saturated heterocycles. The Morgan fingerprint density at radius 3 is 2.36 bits per heavy atom. The molecular formula is C18H15N5O5. The number of nitro benzene ring substituents is 2. The molecule has 10 nitrogen and oxygen atoms in total. The highest BCUT2D eigenvalue weighted by Crippen LogP contribution is 2.23. The summed E-state index contributed by atoms with van der Waals surface area (Å²) >= 11 is 0. The second-order valence-corrected chi connectivity index (χ2v) is 6.09. The number of non-ortho nitro benzene ring substituents is 2. The van der Waals surface area contributed by atoms with Gasteiger partial charge in [-0.3, -0.25) is 29.7 Å². The maximum absolute atomic E-state index is 12.4. The summed E-state index contributed by atoms with van der Waals surface area (Å²) in [6.45, 7) is 2.48. The molecule has 0 spiro atoms. The van der Waals surface area contributed by atoms with Gasteiger partial charge in [0.1, 0.15) is 0 Å². The number of hydrogen-bond acceptors (Lipinski definition) is 6. The molecule has 0 unspecified atom stereocenters. The van der Waals surface area contributed by atoms with Crippen molar-refractivity contribution in [3.63, 3.8) is 0 Å². The predicted molar refractivity (Wildman–Crippen MR) is 100 cm³/mol. The highest BCUT2D eigenvalue weighted by molar-refractivity contribution is 6.04. The second-order valence-electron chi connectivity index (χ2n) is 6.09. The zero-order chi connectivity index (χ0) is 20.3. The van der Waals surface area contributed by atoms with E-state index in [4.69, 9.17) is 0 Å². The maximum atomic E-state index is 12.4. The van der Waals surface area contributed by atoms with Crippen molar-refractivity contribution in [3.8, 4) is 0 Å². The smallest absolute Gasteiger partial charge is 0.277 e. The molecule has 3 rings (SSSR count). The number of carbonyl (C=O) groups is 1. The van der Waals surface area contributed by atoms with E-state index in [0.29, 0.717) is 6.54 Å². The molecule has 0 aliphatic rings. The van der Waals surface area contributed by atoms with Crippen LogP contribution in [0.2, 0.25) is 0 Å².